The highest BCUT2D eigenvalue weighted by Gasteiger charge is 2.31. The van der Waals surface area contributed by atoms with E-state index < -0.39 is 17.7 Å². The molecule has 1 aliphatic rings. The van der Waals surface area contributed by atoms with E-state index >= 15 is 0 Å². The molecule has 1 unspecified atom stereocenters. The van der Waals surface area contributed by atoms with Crippen molar-refractivity contribution in [2.24, 2.45) is 0 Å². The van der Waals surface area contributed by atoms with Gasteiger partial charge in [-0.05, 0) is 68.7 Å². The molecule has 5 nitrogen and oxygen atoms in total. The molecule has 0 aliphatic heterocycles. The SMILES string of the molecule is CCCOC(COC1=CCC=C(C(F)(F)F)C=C1)CSc1ccc(OCC(=O)OCC)c(C)c1. The number of hydrogen-bond donors (Lipinski definition) is 0. The monoisotopic (exact) mass is 500 g/mol. The van der Waals surface area contributed by atoms with Crippen molar-refractivity contribution in [3.05, 3.63) is 59.4 Å². The number of carbonyl (C=O) groups excluding carboxylic acids is 1. The molecule has 1 aromatic rings. The van der Waals surface area contributed by atoms with Crippen molar-refractivity contribution in [1.29, 1.82) is 0 Å². The van der Waals surface area contributed by atoms with Crippen LogP contribution in [-0.4, -0.2) is 50.4 Å². The summed E-state index contributed by atoms with van der Waals surface area (Å²) in [5.41, 5.74) is 0.208. The standard InChI is InChI=1S/C25H31F3O5S/c1-4-13-31-21(15-32-20-8-6-7-19(9-10-20)25(26,27)28)17-34-22-11-12-23(18(3)14-22)33-16-24(29)30-5-2/h7-12,14,21H,4-6,13,15-17H2,1-3H3. The molecule has 9 heteroatoms. The summed E-state index contributed by atoms with van der Waals surface area (Å²) in [6.45, 7) is 6.59. The Balaban J connectivity index is 1.90. The summed E-state index contributed by atoms with van der Waals surface area (Å²) in [4.78, 5) is 12.5. The van der Waals surface area contributed by atoms with E-state index in [1.165, 1.54) is 6.08 Å². The molecule has 0 heterocycles. The average Bonchev–Trinajstić information content (AvgIpc) is 3.04. The van der Waals surface area contributed by atoms with Crippen LogP contribution in [0.1, 0.15) is 32.3 Å². The van der Waals surface area contributed by atoms with Crippen LogP contribution in [0.4, 0.5) is 13.2 Å². The third-order valence-corrected chi connectivity index (χ3v) is 5.76. The van der Waals surface area contributed by atoms with Crippen LogP contribution in [0, 0.1) is 6.92 Å². The molecular formula is C25H31F3O5S. The van der Waals surface area contributed by atoms with Crippen LogP contribution in [0.25, 0.3) is 0 Å². The fourth-order valence-corrected chi connectivity index (χ4v) is 3.94. The number of alkyl halides is 3. The van der Waals surface area contributed by atoms with E-state index in [-0.39, 0.29) is 25.7 Å². The van der Waals surface area contributed by atoms with Gasteiger partial charge >= 0.3 is 12.1 Å². The Morgan fingerprint density at radius 1 is 1.15 bits per heavy atom. The summed E-state index contributed by atoms with van der Waals surface area (Å²) in [6.07, 6.45) is 1.51. The number of rotatable bonds is 13. The van der Waals surface area contributed by atoms with Gasteiger partial charge in [-0.25, -0.2) is 4.79 Å². The van der Waals surface area contributed by atoms with Gasteiger partial charge in [-0.1, -0.05) is 13.0 Å². The minimum Gasteiger partial charge on any atom is -0.491 e. The van der Waals surface area contributed by atoms with Gasteiger partial charge in [-0.3, -0.25) is 0 Å². The number of carbonyl (C=O) groups is 1. The topological polar surface area (TPSA) is 54.0 Å². The summed E-state index contributed by atoms with van der Waals surface area (Å²) in [5.74, 6) is 1.19. The zero-order valence-electron chi connectivity index (χ0n) is 19.7. The van der Waals surface area contributed by atoms with Gasteiger partial charge in [-0.15, -0.1) is 11.8 Å². The van der Waals surface area contributed by atoms with Crippen molar-refractivity contribution in [1.82, 2.24) is 0 Å². The van der Waals surface area contributed by atoms with Gasteiger partial charge in [0.15, 0.2) is 6.61 Å². The minimum absolute atomic E-state index is 0.143. The predicted octanol–water partition coefficient (Wildman–Crippen LogP) is 6.17. The largest absolute Gasteiger partial charge is 0.491 e. The maximum absolute atomic E-state index is 12.9. The van der Waals surface area contributed by atoms with Crippen LogP contribution in [-0.2, 0) is 19.0 Å². The highest BCUT2D eigenvalue weighted by Crippen LogP contribution is 2.29. The van der Waals surface area contributed by atoms with E-state index in [4.69, 9.17) is 18.9 Å². The van der Waals surface area contributed by atoms with Crippen molar-refractivity contribution < 1.29 is 36.9 Å². The van der Waals surface area contributed by atoms with E-state index in [2.05, 4.69) is 0 Å². The van der Waals surface area contributed by atoms with E-state index in [9.17, 15) is 18.0 Å². The van der Waals surface area contributed by atoms with Crippen molar-refractivity contribution in [3.63, 3.8) is 0 Å². The normalized spacial score (nSPS) is 14.6. The number of ether oxygens (including phenoxy) is 4. The first kappa shape index (κ1) is 27.9. The average molecular weight is 501 g/mol. The molecule has 1 atom stereocenters. The Morgan fingerprint density at radius 2 is 1.94 bits per heavy atom. The third kappa shape index (κ3) is 9.85. The number of benzene rings is 1. The van der Waals surface area contributed by atoms with E-state index in [0.29, 0.717) is 30.5 Å². The lowest BCUT2D eigenvalue weighted by molar-refractivity contribution is -0.145. The molecule has 1 aliphatic carbocycles. The Morgan fingerprint density at radius 3 is 2.62 bits per heavy atom. The lowest BCUT2D eigenvalue weighted by Crippen LogP contribution is -2.23. The molecule has 34 heavy (non-hydrogen) atoms. The summed E-state index contributed by atoms with van der Waals surface area (Å²) >= 11 is 1.58. The number of halogens is 3. The molecule has 0 saturated carbocycles. The van der Waals surface area contributed by atoms with Crippen LogP contribution in [0.2, 0.25) is 0 Å². The quantitative estimate of drug-likeness (QED) is 0.238. The summed E-state index contributed by atoms with van der Waals surface area (Å²) in [5, 5.41) is 0. The van der Waals surface area contributed by atoms with Gasteiger partial charge in [-0.2, -0.15) is 13.2 Å². The van der Waals surface area contributed by atoms with E-state index in [0.717, 1.165) is 29.0 Å². The molecule has 0 spiro atoms. The van der Waals surface area contributed by atoms with Gasteiger partial charge in [0.05, 0.1) is 12.2 Å². The number of allylic oxidation sites excluding steroid dienone is 5. The Kier molecular flexibility index (Phi) is 11.6. The molecule has 0 N–H and O–H groups in total. The highest BCUT2D eigenvalue weighted by atomic mass is 32.2. The van der Waals surface area contributed by atoms with Gasteiger partial charge < -0.3 is 18.9 Å². The van der Waals surface area contributed by atoms with Crippen molar-refractivity contribution in [2.75, 3.05) is 32.2 Å². The summed E-state index contributed by atoms with van der Waals surface area (Å²) < 4.78 is 60.7. The molecule has 188 valence electrons. The third-order valence-electron chi connectivity index (χ3n) is 4.64. The van der Waals surface area contributed by atoms with Crippen molar-refractivity contribution >= 4 is 17.7 Å². The predicted molar refractivity (Wildman–Crippen MR) is 126 cm³/mol. The Hall–Kier alpha value is -2.39. The highest BCUT2D eigenvalue weighted by molar-refractivity contribution is 7.99. The summed E-state index contributed by atoms with van der Waals surface area (Å²) in [7, 11) is 0. The molecule has 0 fully saturated rings. The van der Waals surface area contributed by atoms with Crippen LogP contribution in [0.5, 0.6) is 5.75 Å². The second-order valence-corrected chi connectivity index (χ2v) is 8.56. The minimum atomic E-state index is -4.37. The Labute approximate surface area is 203 Å². The lowest BCUT2D eigenvalue weighted by Gasteiger charge is -2.19. The maximum Gasteiger partial charge on any atom is 0.416 e. The zero-order chi connectivity index (χ0) is 25.0. The van der Waals surface area contributed by atoms with Gasteiger partial charge in [0, 0.05) is 17.3 Å². The molecule has 0 aromatic heterocycles. The molecule has 0 saturated heterocycles. The second-order valence-electron chi connectivity index (χ2n) is 7.47. The van der Waals surface area contributed by atoms with Crippen LogP contribution in [0.15, 0.2) is 58.7 Å². The van der Waals surface area contributed by atoms with E-state index in [1.54, 1.807) is 24.8 Å². The zero-order valence-corrected chi connectivity index (χ0v) is 20.5. The molecular weight excluding hydrogens is 469 g/mol. The summed E-state index contributed by atoms with van der Waals surface area (Å²) in [6, 6.07) is 5.67. The number of hydrogen-bond acceptors (Lipinski definition) is 6. The van der Waals surface area contributed by atoms with Crippen LogP contribution < -0.4 is 4.74 Å². The maximum atomic E-state index is 12.9. The van der Waals surface area contributed by atoms with Crippen molar-refractivity contribution in [3.8, 4) is 5.75 Å². The van der Waals surface area contributed by atoms with E-state index in [1.807, 2.05) is 32.0 Å². The van der Waals surface area contributed by atoms with Gasteiger partial charge in [0.2, 0.25) is 0 Å². The second kappa shape index (κ2) is 14.1. The molecule has 1 aromatic carbocycles. The number of thioether (sulfide) groups is 1. The molecule has 0 radical (unpaired) electrons. The van der Waals surface area contributed by atoms with Crippen LogP contribution in [0.3, 0.4) is 0 Å². The van der Waals surface area contributed by atoms with Gasteiger partial charge in [0.25, 0.3) is 0 Å². The first-order chi connectivity index (χ1) is 16.2. The van der Waals surface area contributed by atoms with Crippen molar-refractivity contribution in [2.45, 2.75) is 50.8 Å². The number of aryl methyl sites for hydroxylation is 1. The fourth-order valence-electron chi connectivity index (χ4n) is 2.95. The fraction of sp³-hybridized carbons (Fsp3) is 0.480. The first-order valence-corrected chi connectivity index (χ1v) is 12.1. The number of esters is 1. The smallest absolute Gasteiger partial charge is 0.416 e. The first-order valence-electron chi connectivity index (χ1n) is 11.1. The molecule has 0 amide bonds. The molecule has 2 rings (SSSR count). The Bertz CT molecular complexity index is 893. The van der Waals surface area contributed by atoms with Crippen LogP contribution >= 0.6 is 11.8 Å². The van der Waals surface area contributed by atoms with Gasteiger partial charge in [0.1, 0.15) is 24.2 Å². The lowest BCUT2D eigenvalue weighted by atomic mass is 10.2. The molecule has 0 bridgehead atoms.